The predicted octanol–water partition coefficient (Wildman–Crippen LogP) is 3.15. The third-order valence-corrected chi connectivity index (χ3v) is 4.42. The lowest BCUT2D eigenvalue weighted by atomic mass is 10.1. The van der Waals surface area contributed by atoms with Crippen LogP contribution in [0.2, 0.25) is 0 Å². The molecule has 1 aromatic carbocycles. The lowest BCUT2D eigenvalue weighted by Gasteiger charge is -2.24. The molecule has 100 valence electrons. The van der Waals surface area contributed by atoms with E-state index >= 15 is 0 Å². The summed E-state index contributed by atoms with van der Waals surface area (Å²) < 4.78 is 0.717. The Balaban J connectivity index is 2.24. The van der Waals surface area contributed by atoms with E-state index in [1.54, 1.807) is 24.4 Å². The summed E-state index contributed by atoms with van der Waals surface area (Å²) in [5.41, 5.74) is 6.27. The number of carbonyl (C=O) groups is 1. The van der Waals surface area contributed by atoms with Gasteiger partial charge in [-0.25, -0.2) is 4.98 Å². The van der Waals surface area contributed by atoms with Gasteiger partial charge in [-0.05, 0) is 48.0 Å². The Morgan fingerprint density at radius 3 is 2.84 bits per heavy atom. The third-order valence-electron chi connectivity index (χ3n) is 2.63. The number of amides is 1. The quantitative estimate of drug-likeness (QED) is 0.844. The number of halogens is 1. The second-order valence-electron chi connectivity index (χ2n) is 4.66. The number of nitrogens with zero attached hydrogens (tertiary/aromatic N) is 1. The van der Waals surface area contributed by atoms with Gasteiger partial charge in [0.1, 0.15) is 5.01 Å². The van der Waals surface area contributed by atoms with E-state index in [1.807, 2.05) is 19.2 Å². The number of benzene rings is 1. The Labute approximate surface area is 124 Å². The van der Waals surface area contributed by atoms with Crippen LogP contribution in [0, 0.1) is 0 Å². The molecule has 0 aliphatic rings. The van der Waals surface area contributed by atoms with Crippen LogP contribution in [-0.4, -0.2) is 10.9 Å². The van der Waals surface area contributed by atoms with E-state index in [0.29, 0.717) is 15.7 Å². The van der Waals surface area contributed by atoms with Crippen LogP contribution < -0.4 is 11.1 Å². The van der Waals surface area contributed by atoms with E-state index in [0.717, 1.165) is 5.01 Å². The molecule has 0 aliphatic heterocycles. The van der Waals surface area contributed by atoms with Crippen molar-refractivity contribution in [3.05, 3.63) is 44.8 Å². The summed E-state index contributed by atoms with van der Waals surface area (Å²) in [4.78, 5) is 16.6. The molecule has 2 rings (SSSR count). The van der Waals surface area contributed by atoms with Gasteiger partial charge in [-0.1, -0.05) is 0 Å². The zero-order chi connectivity index (χ0) is 14.0. The van der Waals surface area contributed by atoms with Gasteiger partial charge in [-0.2, -0.15) is 0 Å². The zero-order valence-electron chi connectivity index (χ0n) is 10.6. The van der Waals surface area contributed by atoms with Crippen LogP contribution in [0.4, 0.5) is 5.69 Å². The lowest BCUT2D eigenvalue weighted by molar-refractivity contribution is 0.0911. The van der Waals surface area contributed by atoms with Gasteiger partial charge >= 0.3 is 0 Å². The van der Waals surface area contributed by atoms with Gasteiger partial charge in [-0.3, -0.25) is 4.79 Å². The first-order chi connectivity index (χ1) is 8.90. The van der Waals surface area contributed by atoms with Crippen LogP contribution in [0.1, 0.15) is 29.2 Å². The van der Waals surface area contributed by atoms with Gasteiger partial charge in [0.25, 0.3) is 5.91 Å². The summed E-state index contributed by atoms with van der Waals surface area (Å²) in [7, 11) is 0. The summed E-state index contributed by atoms with van der Waals surface area (Å²) in [5.74, 6) is -0.181. The molecule has 19 heavy (non-hydrogen) atoms. The molecular weight excluding hydrogens is 326 g/mol. The molecular formula is C13H14BrN3OS. The summed E-state index contributed by atoms with van der Waals surface area (Å²) in [6.07, 6.45) is 1.73. The van der Waals surface area contributed by atoms with E-state index in [1.165, 1.54) is 11.3 Å². The van der Waals surface area contributed by atoms with Gasteiger partial charge in [0.2, 0.25) is 0 Å². The molecule has 0 aliphatic carbocycles. The van der Waals surface area contributed by atoms with Crippen molar-refractivity contribution in [2.45, 2.75) is 19.4 Å². The maximum Gasteiger partial charge on any atom is 0.253 e. The highest BCUT2D eigenvalue weighted by atomic mass is 79.9. The fourth-order valence-corrected chi connectivity index (χ4v) is 2.80. The van der Waals surface area contributed by atoms with Crippen LogP contribution in [0.3, 0.4) is 0 Å². The van der Waals surface area contributed by atoms with E-state index in [-0.39, 0.29) is 5.91 Å². The number of anilines is 1. The Morgan fingerprint density at radius 1 is 1.47 bits per heavy atom. The average molecular weight is 340 g/mol. The molecule has 0 bridgehead atoms. The van der Waals surface area contributed by atoms with Crippen molar-refractivity contribution < 1.29 is 4.79 Å². The van der Waals surface area contributed by atoms with Crippen molar-refractivity contribution in [3.63, 3.8) is 0 Å². The third kappa shape index (κ3) is 3.13. The summed E-state index contributed by atoms with van der Waals surface area (Å²) in [5, 5.41) is 5.72. The van der Waals surface area contributed by atoms with Crippen LogP contribution in [0.5, 0.6) is 0 Å². The van der Waals surface area contributed by atoms with Gasteiger partial charge in [0.05, 0.1) is 11.1 Å². The molecule has 0 unspecified atom stereocenters. The molecule has 2 aromatic rings. The van der Waals surface area contributed by atoms with Crippen molar-refractivity contribution in [2.75, 3.05) is 5.73 Å². The Kier molecular flexibility index (Phi) is 3.91. The second-order valence-corrected chi connectivity index (χ2v) is 6.40. The van der Waals surface area contributed by atoms with Gasteiger partial charge < -0.3 is 11.1 Å². The minimum Gasteiger partial charge on any atom is -0.399 e. The van der Waals surface area contributed by atoms with Gasteiger partial charge in [0, 0.05) is 21.7 Å². The fraction of sp³-hybridized carbons (Fsp3) is 0.231. The summed E-state index contributed by atoms with van der Waals surface area (Å²) >= 11 is 4.87. The molecule has 0 fully saturated rings. The van der Waals surface area contributed by atoms with Gasteiger partial charge in [-0.15, -0.1) is 11.3 Å². The molecule has 1 heterocycles. The average Bonchev–Trinajstić information content (AvgIpc) is 2.86. The number of nitrogens with two attached hydrogens (primary N) is 1. The number of nitrogen functional groups attached to an aromatic ring is 1. The highest BCUT2D eigenvalue weighted by Gasteiger charge is 2.26. The number of thiazole rings is 1. The predicted molar refractivity (Wildman–Crippen MR) is 81.2 cm³/mol. The number of nitrogens with one attached hydrogen (secondary N) is 1. The largest absolute Gasteiger partial charge is 0.399 e. The van der Waals surface area contributed by atoms with E-state index in [9.17, 15) is 4.79 Å². The highest BCUT2D eigenvalue weighted by Crippen LogP contribution is 2.25. The van der Waals surface area contributed by atoms with Crippen LogP contribution in [0.15, 0.2) is 34.2 Å². The number of hydrogen-bond donors (Lipinski definition) is 2. The van der Waals surface area contributed by atoms with Crippen LogP contribution in [0.25, 0.3) is 0 Å². The minimum absolute atomic E-state index is 0.181. The molecule has 0 radical (unpaired) electrons. The minimum atomic E-state index is -0.519. The Bertz CT molecular complexity index is 596. The first-order valence-electron chi connectivity index (χ1n) is 5.67. The smallest absolute Gasteiger partial charge is 0.253 e. The standard InChI is InChI=1S/C13H14BrN3OS/c1-13(2,12-16-5-6-19-12)17-11(18)9-7-8(15)3-4-10(9)14/h3-7H,15H2,1-2H3,(H,17,18). The summed E-state index contributed by atoms with van der Waals surface area (Å²) in [6, 6.07) is 5.16. The molecule has 1 amide bonds. The molecule has 0 saturated heterocycles. The number of rotatable bonds is 3. The van der Waals surface area contributed by atoms with Crippen molar-refractivity contribution in [2.24, 2.45) is 0 Å². The Morgan fingerprint density at radius 2 is 2.21 bits per heavy atom. The Hall–Kier alpha value is -1.40. The number of carbonyl (C=O) groups excluding carboxylic acids is 1. The lowest BCUT2D eigenvalue weighted by Crippen LogP contribution is -2.41. The molecule has 4 nitrogen and oxygen atoms in total. The maximum atomic E-state index is 12.3. The zero-order valence-corrected chi connectivity index (χ0v) is 13.0. The molecule has 0 saturated carbocycles. The van der Waals surface area contributed by atoms with E-state index < -0.39 is 5.54 Å². The SMILES string of the molecule is CC(C)(NC(=O)c1cc(N)ccc1Br)c1nccs1. The highest BCUT2D eigenvalue weighted by molar-refractivity contribution is 9.10. The molecule has 0 spiro atoms. The molecule has 3 N–H and O–H groups in total. The molecule has 1 aromatic heterocycles. The molecule has 6 heteroatoms. The monoisotopic (exact) mass is 339 g/mol. The van der Waals surface area contributed by atoms with Crippen molar-refractivity contribution >= 4 is 38.9 Å². The number of hydrogen-bond acceptors (Lipinski definition) is 4. The van der Waals surface area contributed by atoms with Crippen molar-refractivity contribution in [1.82, 2.24) is 10.3 Å². The fourth-order valence-electron chi connectivity index (χ4n) is 1.65. The second kappa shape index (κ2) is 5.30. The van der Waals surface area contributed by atoms with Gasteiger partial charge in [0.15, 0.2) is 0 Å². The maximum absolute atomic E-state index is 12.3. The van der Waals surface area contributed by atoms with E-state index in [4.69, 9.17) is 5.73 Å². The van der Waals surface area contributed by atoms with Crippen LogP contribution in [-0.2, 0) is 5.54 Å². The topological polar surface area (TPSA) is 68.0 Å². The first-order valence-corrected chi connectivity index (χ1v) is 7.35. The first kappa shape index (κ1) is 14.0. The van der Waals surface area contributed by atoms with E-state index in [2.05, 4.69) is 26.2 Å². The van der Waals surface area contributed by atoms with Crippen molar-refractivity contribution in [3.8, 4) is 0 Å². The normalized spacial score (nSPS) is 11.3. The molecule has 0 atom stereocenters. The summed E-state index contributed by atoms with van der Waals surface area (Å²) in [6.45, 7) is 3.84. The van der Waals surface area contributed by atoms with Crippen LogP contribution >= 0.6 is 27.3 Å². The number of aromatic nitrogens is 1. The van der Waals surface area contributed by atoms with Crippen molar-refractivity contribution in [1.29, 1.82) is 0 Å².